The molecule has 2 N–H and O–H groups in total. The Bertz CT molecular complexity index is 968. The summed E-state index contributed by atoms with van der Waals surface area (Å²) in [6.45, 7) is 0. The van der Waals surface area contributed by atoms with Crippen LogP contribution in [0.15, 0.2) is 59.7 Å². The van der Waals surface area contributed by atoms with E-state index in [0.717, 1.165) is 12.3 Å². The van der Waals surface area contributed by atoms with Gasteiger partial charge in [0.2, 0.25) is 5.56 Å². The van der Waals surface area contributed by atoms with Crippen molar-refractivity contribution in [2.45, 2.75) is 12.2 Å². The second kappa shape index (κ2) is 6.39. The van der Waals surface area contributed by atoms with Crippen LogP contribution < -0.4 is 10.9 Å². The lowest BCUT2D eigenvalue weighted by Gasteiger charge is -2.22. The molecule has 1 aromatic carbocycles. The Hall–Kier alpha value is -3.16. The topological polar surface area (TPSA) is 74.8 Å². The van der Waals surface area contributed by atoms with Crippen LogP contribution in [-0.2, 0) is 0 Å². The molecule has 0 fully saturated rings. The Morgan fingerprint density at radius 2 is 1.92 bits per heavy atom. The molecule has 0 bridgehead atoms. The number of halogens is 3. The smallest absolute Gasteiger partial charge is 0.337 e. The van der Waals surface area contributed by atoms with Gasteiger partial charge in [0.05, 0.1) is 5.56 Å². The first-order valence-electron chi connectivity index (χ1n) is 7.26. The highest BCUT2D eigenvalue weighted by Crippen LogP contribution is 2.32. The second-order valence-corrected chi connectivity index (χ2v) is 5.33. The van der Waals surface area contributed by atoms with Crippen LogP contribution in [0.2, 0.25) is 0 Å². The van der Waals surface area contributed by atoms with E-state index in [4.69, 9.17) is 0 Å². The minimum atomic E-state index is -4.71. The average Bonchev–Trinajstić information content (AvgIpc) is 2.58. The Balaban J connectivity index is 2.02. The van der Waals surface area contributed by atoms with E-state index in [9.17, 15) is 22.8 Å². The molecule has 0 saturated heterocycles. The van der Waals surface area contributed by atoms with Gasteiger partial charge in [-0.3, -0.25) is 14.6 Å². The first-order valence-corrected chi connectivity index (χ1v) is 7.26. The molecule has 3 rings (SSSR count). The van der Waals surface area contributed by atoms with Crippen LogP contribution in [0.4, 0.5) is 13.2 Å². The van der Waals surface area contributed by atoms with E-state index < -0.39 is 23.7 Å². The summed E-state index contributed by atoms with van der Waals surface area (Å²) < 4.78 is 40.1. The van der Waals surface area contributed by atoms with Gasteiger partial charge in [-0.05, 0) is 12.1 Å². The fourth-order valence-electron chi connectivity index (χ4n) is 2.50. The predicted molar refractivity (Wildman–Crippen MR) is 85.1 cm³/mol. The summed E-state index contributed by atoms with van der Waals surface area (Å²) >= 11 is 0. The number of aromatic amines is 1. The molecule has 5 nitrogen and oxygen atoms in total. The Kier molecular flexibility index (Phi) is 4.26. The molecule has 2 aromatic heterocycles. The van der Waals surface area contributed by atoms with E-state index in [0.29, 0.717) is 10.9 Å². The normalized spacial score (nSPS) is 12.8. The van der Waals surface area contributed by atoms with Crippen LogP contribution in [0.1, 0.15) is 22.0 Å². The number of carbonyl (C=O) groups is 1. The van der Waals surface area contributed by atoms with Crippen LogP contribution in [0, 0.1) is 0 Å². The van der Waals surface area contributed by atoms with Crippen molar-refractivity contribution < 1.29 is 18.0 Å². The van der Waals surface area contributed by atoms with Crippen molar-refractivity contribution in [3.05, 3.63) is 76.3 Å². The van der Waals surface area contributed by atoms with Gasteiger partial charge in [0.15, 0.2) is 6.04 Å². The number of pyridine rings is 2. The molecule has 0 aliphatic carbocycles. The molecule has 1 amide bonds. The molecule has 0 aliphatic rings. The lowest BCUT2D eigenvalue weighted by atomic mass is 10.1. The zero-order chi connectivity index (χ0) is 18.0. The third-order valence-electron chi connectivity index (χ3n) is 3.62. The maximum Gasteiger partial charge on any atom is 0.412 e. The molecular weight excluding hydrogens is 335 g/mol. The highest BCUT2D eigenvalue weighted by Gasteiger charge is 2.42. The maximum atomic E-state index is 13.4. The molecule has 0 aliphatic heterocycles. The molecule has 1 unspecified atom stereocenters. The zero-order valence-corrected chi connectivity index (χ0v) is 12.7. The lowest BCUT2D eigenvalue weighted by Crippen LogP contribution is -2.38. The number of H-pyrrole nitrogens is 1. The number of fused-ring (bicyclic) bond motifs is 1. The van der Waals surface area contributed by atoms with Crippen molar-refractivity contribution in [2.75, 3.05) is 0 Å². The molecule has 1 atom stereocenters. The summed E-state index contributed by atoms with van der Waals surface area (Å²) in [7, 11) is 0. The lowest BCUT2D eigenvalue weighted by molar-refractivity contribution is -0.155. The molecule has 0 spiro atoms. The molecule has 128 valence electrons. The number of hydrogen-bond donors (Lipinski definition) is 2. The second-order valence-electron chi connectivity index (χ2n) is 5.33. The number of carbonyl (C=O) groups excluding carboxylic acids is 1. The summed E-state index contributed by atoms with van der Waals surface area (Å²) in [4.78, 5) is 30.3. The fourth-order valence-corrected chi connectivity index (χ4v) is 2.50. The first kappa shape index (κ1) is 16.7. The third kappa shape index (κ3) is 3.52. The Morgan fingerprint density at radius 3 is 2.60 bits per heavy atom. The molecule has 0 saturated carbocycles. The van der Waals surface area contributed by atoms with E-state index in [1.54, 1.807) is 24.3 Å². The van der Waals surface area contributed by atoms with Gasteiger partial charge in [0.1, 0.15) is 0 Å². The van der Waals surface area contributed by atoms with Crippen molar-refractivity contribution in [3.8, 4) is 0 Å². The largest absolute Gasteiger partial charge is 0.412 e. The van der Waals surface area contributed by atoms with Gasteiger partial charge in [-0.25, -0.2) is 0 Å². The van der Waals surface area contributed by atoms with Crippen LogP contribution >= 0.6 is 0 Å². The van der Waals surface area contributed by atoms with Crippen LogP contribution in [-0.4, -0.2) is 22.1 Å². The van der Waals surface area contributed by atoms with Crippen molar-refractivity contribution >= 4 is 16.8 Å². The summed E-state index contributed by atoms with van der Waals surface area (Å²) in [5.74, 6) is -0.992. The Morgan fingerprint density at radius 1 is 1.16 bits per heavy atom. The van der Waals surface area contributed by atoms with Crippen LogP contribution in [0.25, 0.3) is 10.9 Å². The quantitative estimate of drug-likeness (QED) is 0.765. The van der Waals surface area contributed by atoms with E-state index in [-0.39, 0.29) is 11.1 Å². The van der Waals surface area contributed by atoms with Crippen molar-refractivity contribution in [2.24, 2.45) is 0 Å². The van der Waals surface area contributed by atoms with E-state index in [1.807, 2.05) is 5.32 Å². The monoisotopic (exact) mass is 347 g/mol. The fraction of sp³-hybridized carbons (Fsp3) is 0.118. The summed E-state index contributed by atoms with van der Waals surface area (Å²) in [5, 5.41) is 2.31. The van der Waals surface area contributed by atoms with Crippen LogP contribution in [0.5, 0.6) is 0 Å². The molecule has 8 heteroatoms. The van der Waals surface area contributed by atoms with Crippen molar-refractivity contribution in [3.63, 3.8) is 0 Å². The van der Waals surface area contributed by atoms with Gasteiger partial charge in [-0.2, -0.15) is 13.2 Å². The van der Waals surface area contributed by atoms with Gasteiger partial charge < -0.3 is 10.3 Å². The van der Waals surface area contributed by atoms with Gasteiger partial charge >= 0.3 is 6.18 Å². The summed E-state index contributed by atoms with van der Waals surface area (Å²) in [5.41, 5.74) is -0.533. The van der Waals surface area contributed by atoms with Crippen molar-refractivity contribution in [1.29, 1.82) is 0 Å². The molecule has 3 aromatic rings. The molecular formula is C17H12F3N3O2. The molecule has 2 heterocycles. The number of alkyl halides is 3. The molecule has 0 radical (unpaired) electrons. The van der Waals surface area contributed by atoms with E-state index in [1.165, 1.54) is 18.3 Å². The Labute approximate surface area is 139 Å². The highest BCUT2D eigenvalue weighted by molar-refractivity contribution is 6.06. The van der Waals surface area contributed by atoms with Gasteiger partial charge in [-0.15, -0.1) is 0 Å². The minimum absolute atomic E-state index is 0.127. The predicted octanol–water partition coefficient (Wildman–Crippen LogP) is 2.96. The number of benzene rings is 1. The van der Waals surface area contributed by atoms with E-state index >= 15 is 0 Å². The molecule has 25 heavy (non-hydrogen) atoms. The number of rotatable bonds is 3. The zero-order valence-electron chi connectivity index (χ0n) is 12.7. The minimum Gasteiger partial charge on any atom is -0.337 e. The SMILES string of the molecule is O=C(NC(c1cccnc1)C(F)(F)F)c1cc(=O)[nH]c2ccccc12. The number of nitrogens with zero attached hydrogens (tertiary/aromatic N) is 1. The highest BCUT2D eigenvalue weighted by atomic mass is 19.4. The maximum absolute atomic E-state index is 13.4. The summed E-state index contributed by atoms with van der Waals surface area (Å²) in [6, 6.07) is 7.71. The summed E-state index contributed by atoms with van der Waals surface area (Å²) in [6.07, 6.45) is -2.34. The van der Waals surface area contributed by atoms with E-state index in [2.05, 4.69) is 9.97 Å². The standard InChI is InChI=1S/C17H12F3N3O2/c18-17(19,20)15(10-4-3-7-21-9-10)23-16(25)12-8-14(24)22-13-6-2-1-5-11(12)13/h1-9,15H,(H,22,24)(H,23,25). The number of aromatic nitrogens is 2. The van der Waals surface area contributed by atoms with Crippen LogP contribution in [0.3, 0.4) is 0 Å². The van der Waals surface area contributed by atoms with Gasteiger partial charge in [0.25, 0.3) is 5.91 Å². The number of hydrogen-bond acceptors (Lipinski definition) is 3. The number of nitrogens with one attached hydrogen (secondary N) is 2. The number of para-hydroxylation sites is 1. The average molecular weight is 347 g/mol. The van der Waals surface area contributed by atoms with Gasteiger partial charge in [0, 0.05) is 34.9 Å². The third-order valence-corrected chi connectivity index (χ3v) is 3.62. The number of amides is 1. The van der Waals surface area contributed by atoms with Crippen molar-refractivity contribution in [1.82, 2.24) is 15.3 Å². The first-order chi connectivity index (χ1) is 11.9. The van der Waals surface area contributed by atoms with Gasteiger partial charge in [-0.1, -0.05) is 24.3 Å².